The third-order valence-electron chi connectivity index (χ3n) is 4.58. The quantitative estimate of drug-likeness (QED) is 0.717. The van der Waals surface area contributed by atoms with Gasteiger partial charge in [0.25, 0.3) is 0 Å². The molecule has 25 heavy (non-hydrogen) atoms. The minimum atomic E-state index is 0.729. The lowest BCUT2D eigenvalue weighted by Crippen LogP contribution is -2.36. The predicted molar refractivity (Wildman–Crippen MR) is 109 cm³/mol. The van der Waals surface area contributed by atoms with E-state index in [0.29, 0.717) is 0 Å². The smallest absolute Gasteiger partial charge is 0.0406 e. The van der Waals surface area contributed by atoms with E-state index in [4.69, 9.17) is 11.6 Å². The first-order valence-electron chi connectivity index (χ1n) is 8.73. The van der Waals surface area contributed by atoms with Gasteiger partial charge in [-0.2, -0.15) is 0 Å². The minimum absolute atomic E-state index is 0.729. The molecule has 134 valence electrons. The van der Waals surface area contributed by atoms with Crippen molar-refractivity contribution in [1.29, 1.82) is 0 Å². The highest BCUT2D eigenvalue weighted by atomic mass is 35.5. The molecule has 1 saturated heterocycles. The van der Waals surface area contributed by atoms with Crippen molar-refractivity contribution in [3.63, 3.8) is 0 Å². The van der Waals surface area contributed by atoms with Gasteiger partial charge in [-0.3, -0.25) is 4.90 Å². The summed E-state index contributed by atoms with van der Waals surface area (Å²) in [5, 5.41) is 4.28. The minimum Gasteiger partial charge on any atom is -0.385 e. The Morgan fingerprint density at radius 1 is 1.16 bits per heavy atom. The van der Waals surface area contributed by atoms with Gasteiger partial charge >= 0.3 is 0 Å². The van der Waals surface area contributed by atoms with E-state index in [0.717, 1.165) is 48.4 Å². The number of rotatable bonds is 6. The highest BCUT2D eigenvalue weighted by molar-refractivity contribution is 6.30. The van der Waals surface area contributed by atoms with Crippen LogP contribution in [0.1, 0.15) is 24.0 Å². The zero-order valence-electron chi connectivity index (χ0n) is 14.8. The summed E-state index contributed by atoms with van der Waals surface area (Å²) in [5.41, 5.74) is 3.49. The number of H-pyrrole nitrogens is 1. The van der Waals surface area contributed by atoms with E-state index in [-0.39, 0.29) is 0 Å². The second-order valence-corrected chi connectivity index (χ2v) is 6.74. The van der Waals surface area contributed by atoms with Crippen molar-refractivity contribution in [3.8, 4) is 0 Å². The van der Waals surface area contributed by atoms with Crippen LogP contribution in [0.25, 0.3) is 5.70 Å². The number of hydrogen-bond acceptors (Lipinski definition) is 2. The van der Waals surface area contributed by atoms with Crippen LogP contribution in [-0.2, 0) is 6.54 Å². The summed E-state index contributed by atoms with van der Waals surface area (Å²) >= 11 is 5.94. The fourth-order valence-corrected chi connectivity index (χ4v) is 3.20. The summed E-state index contributed by atoms with van der Waals surface area (Å²) in [6.07, 6.45) is 6.38. The maximum atomic E-state index is 5.94. The Hall–Kier alpha value is -1.97. The van der Waals surface area contributed by atoms with E-state index in [2.05, 4.69) is 47.1 Å². The molecule has 2 N–H and O–H groups in total. The van der Waals surface area contributed by atoms with Gasteiger partial charge in [0, 0.05) is 41.8 Å². The van der Waals surface area contributed by atoms with Crippen molar-refractivity contribution >= 4 is 17.3 Å². The third kappa shape index (κ3) is 6.11. The molecule has 2 aromatic rings. The molecule has 1 aliphatic rings. The molecule has 1 aromatic heterocycles. The Bertz CT molecular complexity index is 626. The normalized spacial score (nSPS) is 15.2. The molecule has 0 bridgehead atoms. The summed E-state index contributed by atoms with van der Waals surface area (Å²) in [6.45, 7) is 14.5. The fraction of sp³-hybridized carbons (Fsp3) is 0.333. The second kappa shape index (κ2) is 10.1. The van der Waals surface area contributed by atoms with E-state index in [1.165, 1.54) is 18.4 Å². The fourth-order valence-electron chi connectivity index (χ4n) is 3.08. The Morgan fingerprint density at radius 2 is 1.84 bits per heavy atom. The standard InChI is InChI=1S/C19H24ClN3.C2H4/c1-15(18-6-9-21-13-18)22-12-16-7-10-23(11-8-16)14-17-2-4-19(20)5-3-17;1-2/h2-6,9,13,16,21-22H,1,7-8,10-12,14H2;1-2H2. The zero-order valence-corrected chi connectivity index (χ0v) is 15.6. The molecule has 1 aromatic carbocycles. The molecule has 3 rings (SSSR count). The zero-order chi connectivity index (χ0) is 18.1. The van der Waals surface area contributed by atoms with Gasteiger partial charge in [0.15, 0.2) is 0 Å². The highest BCUT2D eigenvalue weighted by Crippen LogP contribution is 2.20. The number of hydrogen-bond donors (Lipinski definition) is 2. The van der Waals surface area contributed by atoms with E-state index in [1.807, 2.05) is 30.6 Å². The number of likely N-dealkylation sites (tertiary alicyclic amines) is 1. The molecule has 0 amide bonds. The van der Waals surface area contributed by atoms with Crippen molar-refractivity contribution in [2.45, 2.75) is 19.4 Å². The van der Waals surface area contributed by atoms with E-state index < -0.39 is 0 Å². The van der Waals surface area contributed by atoms with Crippen LogP contribution in [0.15, 0.2) is 62.5 Å². The van der Waals surface area contributed by atoms with E-state index >= 15 is 0 Å². The first-order valence-corrected chi connectivity index (χ1v) is 9.11. The van der Waals surface area contributed by atoms with Gasteiger partial charge in [0.1, 0.15) is 0 Å². The molecule has 0 saturated carbocycles. The van der Waals surface area contributed by atoms with Crippen molar-refractivity contribution in [2.24, 2.45) is 5.92 Å². The Balaban J connectivity index is 0.00000109. The molecule has 1 fully saturated rings. The summed E-state index contributed by atoms with van der Waals surface area (Å²) in [4.78, 5) is 5.59. The molecular formula is C21H28ClN3. The first kappa shape index (κ1) is 19.4. The topological polar surface area (TPSA) is 31.1 Å². The summed E-state index contributed by atoms with van der Waals surface area (Å²) < 4.78 is 0. The molecule has 0 spiro atoms. The van der Waals surface area contributed by atoms with Crippen LogP contribution in [0.2, 0.25) is 5.02 Å². The van der Waals surface area contributed by atoms with Crippen molar-refractivity contribution < 1.29 is 0 Å². The van der Waals surface area contributed by atoms with Gasteiger partial charge in [-0.25, -0.2) is 0 Å². The molecule has 1 aliphatic heterocycles. The number of nitrogens with zero attached hydrogens (tertiary/aromatic N) is 1. The first-order chi connectivity index (χ1) is 12.2. The number of nitrogens with one attached hydrogen (secondary N) is 2. The summed E-state index contributed by atoms with van der Waals surface area (Å²) in [7, 11) is 0. The molecule has 4 heteroatoms. The van der Waals surface area contributed by atoms with Crippen LogP contribution in [0, 0.1) is 5.92 Å². The van der Waals surface area contributed by atoms with Crippen LogP contribution in [0.5, 0.6) is 0 Å². The average Bonchev–Trinajstić information content (AvgIpc) is 3.19. The van der Waals surface area contributed by atoms with Crippen LogP contribution in [-0.4, -0.2) is 29.5 Å². The Kier molecular flexibility index (Phi) is 7.83. The molecule has 0 aliphatic carbocycles. The van der Waals surface area contributed by atoms with E-state index in [9.17, 15) is 0 Å². The van der Waals surface area contributed by atoms with Gasteiger partial charge in [0.05, 0.1) is 0 Å². The second-order valence-electron chi connectivity index (χ2n) is 6.31. The molecular weight excluding hydrogens is 330 g/mol. The number of aromatic amines is 1. The van der Waals surface area contributed by atoms with Crippen LogP contribution in [0.4, 0.5) is 0 Å². The number of piperidine rings is 1. The van der Waals surface area contributed by atoms with Gasteiger partial charge in [0.2, 0.25) is 0 Å². The van der Waals surface area contributed by atoms with Crippen molar-refractivity contribution in [2.75, 3.05) is 19.6 Å². The van der Waals surface area contributed by atoms with Gasteiger partial charge in [-0.1, -0.05) is 30.3 Å². The highest BCUT2D eigenvalue weighted by Gasteiger charge is 2.19. The molecule has 0 radical (unpaired) electrons. The maximum Gasteiger partial charge on any atom is 0.0406 e. The van der Waals surface area contributed by atoms with Crippen LogP contribution >= 0.6 is 11.6 Å². The predicted octanol–water partition coefficient (Wildman–Crippen LogP) is 4.94. The molecule has 0 atom stereocenters. The molecule has 3 nitrogen and oxygen atoms in total. The van der Waals surface area contributed by atoms with Gasteiger partial charge < -0.3 is 10.3 Å². The Labute approximate surface area is 156 Å². The van der Waals surface area contributed by atoms with Crippen molar-refractivity contribution in [1.82, 2.24) is 15.2 Å². The van der Waals surface area contributed by atoms with E-state index in [1.54, 1.807) is 0 Å². The summed E-state index contributed by atoms with van der Waals surface area (Å²) in [5.74, 6) is 0.729. The SMILES string of the molecule is C=C.C=C(NCC1CCN(Cc2ccc(Cl)cc2)CC1)c1cc[nH]c1. The largest absolute Gasteiger partial charge is 0.385 e. The third-order valence-corrected chi connectivity index (χ3v) is 4.83. The lowest BCUT2D eigenvalue weighted by molar-refractivity contribution is 0.178. The van der Waals surface area contributed by atoms with Gasteiger partial charge in [-0.05, 0) is 55.6 Å². The number of aromatic nitrogens is 1. The summed E-state index contributed by atoms with van der Waals surface area (Å²) in [6, 6.07) is 10.2. The average molecular weight is 358 g/mol. The molecule has 2 heterocycles. The Morgan fingerprint density at radius 3 is 2.44 bits per heavy atom. The molecule has 0 unspecified atom stereocenters. The monoisotopic (exact) mass is 357 g/mol. The van der Waals surface area contributed by atoms with Crippen LogP contribution in [0.3, 0.4) is 0 Å². The lowest BCUT2D eigenvalue weighted by Gasteiger charge is -2.32. The number of halogens is 1. The van der Waals surface area contributed by atoms with Crippen LogP contribution < -0.4 is 5.32 Å². The van der Waals surface area contributed by atoms with Gasteiger partial charge in [-0.15, -0.1) is 13.2 Å². The number of benzene rings is 1. The lowest BCUT2D eigenvalue weighted by atomic mass is 9.96. The van der Waals surface area contributed by atoms with Crippen molar-refractivity contribution in [3.05, 3.63) is 78.6 Å². The maximum absolute atomic E-state index is 5.94.